The number of rotatable bonds is 4. The van der Waals surface area contributed by atoms with E-state index in [1.54, 1.807) is 0 Å². The Labute approximate surface area is 102 Å². The fourth-order valence-electron chi connectivity index (χ4n) is 1.91. The lowest BCUT2D eigenvalue weighted by Gasteiger charge is -2.26. The lowest BCUT2D eigenvalue weighted by Crippen LogP contribution is -2.44. The number of nitrogens with one attached hydrogen (secondary N) is 1. The summed E-state index contributed by atoms with van der Waals surface area (Å²) in [5.74, 6) is 0.568. The van der Waals surface area contributed by atoms with Crippen molar-refractivity contribution in [3.63, 3.8) is 0 Å². The van der Waals surface area contributed by atoms with Gasteiger partial charge in [-0.25, -0.2) is 4.98 Å². The SMILES string of the molecule is CC(C)c1ncc(CCN2CCNCC2)s1. The van der Waals surface area contributed by atoms with Crippen LogP contribution in [-0.2, 0) is 6.42 Å². The van der Waals surface area contributed by atoms with E-state index < -0.39 is 0 Å². The Balaban J connectivity index is 1.79. The number of hydrogen-bond acceptors (Lipinski definition) is 4. The largest absolute Gasteiger partial charge is 0.314 e. The molecule has 2 heterocycles. The molecule has 0 bridgehead atoms. The van der Waals surface area contributed by atoms with Gasteiger partial charge >= 0.3 is 0 Å². The third kappa shape index (κ3) is 3.27. The summed E-state index contributed by atoms with van der Waals surface area (Å²) in [4.78, 5) is 8.43. The average molecular weight is 239 g/mol. The monoisotopic (exact) mass is 239 g/mol. The Morgan fingerprint density at radius 1 is 1.44 bits per heavy atom. The van der Waals surface area contributed by atoms with Crippen LogP contribution >= 0.6 is 11.3 Å². The molecule has 1 fully saturated rings. The van der Waals surface area contributed by atoms with E-state index in [0.29, 0.717) is 5.92 Å². The van der Waals surface area contributed by atoms with Gasteiger partial charge in [0, 0.05) is 49.7 Å². The summed E-state index contributed by atoms with van der Waals surface area (Å²) in [6.45, 7) is 10.3. The van der Waals surface area contributed by atoms with E-state index >= 15 is 0 Å². The van der Waals surface area contributed by atoms with Gasteiger partial charge in [-0.3, -0.25) is 0 Å². The van der Waals surface area contributed by atoms with Crippen molar-refractivity contribution in [1.29, 1.82) is 0 Å². The highest BCUT2D eigenvalue weighted by Gasteiger charge is 2.10. The maximum absolute atomic E-state index is 4.47. The van der Waals surface area contributed by atoms with Crippen LogP contribution in [0.25, 0.3) is 0 Å². The third-order valence-corrected chi connectivity index (χ3v) is 4.31. The molecule has 1 saturated heterocycles. The van der Waals surface area contributed by atoms with Crippen LogP contribution in [0.5, 0.6) is 0 Å². The molecule has 1 aromatic heterocycles. The third-order valence-electron chi connectivity index (χ3n) is 2.95. The number of aromatic nitrogens is 1. The highest BCUT2D eigenvalue weighted by atomic mass is 32.1. The van der Waals surface area contributed by atoms with Crippen molar-refractivity contribution in [3.05, 3.63) is 16.1 Å². The molecule has 2 rings (SSSR count). The number of hydrogen-bond donors (Lipinski definition) is 1. The molecule has 0 aliphatic carbocycles. The van der Waals surface area contributed by atoms with Gasteiger partial charge in [-0.2, -0.15) is 0 Å². The molecule has 90 valence electrons. The Kier molecular flexibility index (Phi) is 4.32. The zero-order chi connectivity index (χ0) is 11.4. The molecule has 0 saturated carbocycles. The minimum absolute atomic E-state index is 0.568. The molecule has 1 aromatic rings. The van der Waals surface area contributed by atoms with Gasteiger partial charge in [0.15, 0.2) is 0 Å². The second-order valence-corrected chi connectivity index (χ2v) is 5.81. The molecule has 1 aliphatic heterocycles. The van der Waals surface area contributed by atoms with E-state index in [1.165, 1.54) is 29.5 Å². The van der Waals surface area contributed by atoms with Crippen molar-refractivity contribution in [2.24, 2.45) is 0 Å². The standard InChI is InChI=1S/C12H21N3S/c1-10(2)12-14-9-11(16-12)3-6-15-7-4-13-5-8-15/h9-10,13H,3-8H2,1-2H3. The zero-order valence-corrected chi connectivity index (χ0v) is 11.0. The number of thiazole rings is 1. The lowest BCUT2D eigenvalue weighted by atomic mass is 10.2. The highest BCUT2D eigenvalue weighted by Crippen LogP contribution is 2.21. The van der Waals surface area contributed by atoms with Crippen molar-refractivity contribution in [2.75, 3.05) is 32.7 Å². The first kappa shape index (κ1) is 12.0. The smallest absolute Gasteiger partial charge is 0.0953 e. The normalized spacial score (nSPS) is 18.2. The fraction of sp³-hybridized carbons (Fsp3) is 0.750. The molecular weight excluding hydrogens is 218 g/mol. The molecule has 0 aromatic carbocycles. The van der Waals surface area contributed by atoms with Crippen LogP contribution in [0.2, 0.25) is 0 Å². The lowest BCUT2D eigenvalue weighted by molar-refractivity contribution is 0.244. The minimum Gasteiger partial charge on any atom is -0.314 e. The average Bonchev–Trinajstić information content (AvgIpc) is 2.76. The molecule has 0 spiro atoms. The van der Waals surface area contributed by atoms with Crippen LogP contribution in [0.1, 0.15) is 29.7 Å². The minimum atomic E-state index is 0.568. The zero-order valence-electron chi connectivity index (χ0n) is 10.2. The molecule has 0 unspecified atom stereocenters. The second-order valence-electron chi connectivity index (χ2n) is 4.66. The predicted octanol–water partition coefficient (Wildman–Crippen LogP) is 1.71. The van der Waals surface area contributed by atoms with Gasteiger partial charge in [0.2, 0.25) is 0 Å². The maximum Gasteiger partial charge on any atom is 0.0953 e. The molecule has 0 amide bonds. The van der Waals surface area contributed by atoms with Gasteiger partial charge in [0.1, 0.15) is 0 Å². The van der Waals surface area contributed by atoms with Gasteiger partial charge in [0.05, 0.1) is 5.01 Å². The van der Waals surface area contributed by atoms with Crippen LogP contribution < -0.4 is 5.32 Å². The van der Waals surface area contributed by atoms with Crippen molar-refractivity contribution in [3.8, 4) is 0 Å². The van der Waals surface area contributed by atoms with Crippen molar-refractivity contribution >= 4 is 11.3 Å². The van der Waals surface area contributed by atoms with E-state index in [1.807, 2.05) is 11.3 Å². The molecular formula is C12H21N3S. The quantitative estimate of drug-likeness (QED) is 0.867. The maximum atomic E-state index is 4.47. The van der Waals surface area contributed by atoms with E-state index in [0.717, 1.165) is 19.5 Å². The Morgan fingerprint density at radius 2 is 2.19 bits per heavy atom. The summed E-state index contributed by atoms with van der Waals surface area (Å²) in [6, 6.07) is 0. The summed E-state index contributed by atoms with van der Waals surface area (Å²) in [5.41, 5.74) is 0. The molecule has 1 aliphatic rings. The molecule has 0 atom stereocenters. The van der Waals surface area contributed by atoms with Crippen LogP contribution in [-0.4, -0.2) is 42.6 Å². The Hall–Kier alpha value is -0.450. The highest BCUT2D eigenvalue weighted by molar-refractivity contribution is 7.11. The second kappa shape index (κ2) is 5.75. The van der Waals surface area contributed by atoms with E-state index in [4.69, 9.17) is 0 Å². The van der Waals surface area contributed by atoms with Gasteiger partial charge in [0.25, 0.3) is 0 Å². The topological polar surface area (TPSA) is 28.2 Å². The van der Waals surface area contributed by atoms with E-state index in [-0.39, 0.29) is 0 Å². The van der Waals surface area contributed by atoms with E-state index in [2.05, 4.69) is 35.2 Å². The predicted molar refractivity (Wildman–Crippen MR) is 69.2 cm³/mol. The Morgan fingerprint density at radius 3 is 2.81 bits per heavy atom. The number of piperazine rings is 1. The summed E-state index contributed by atoms with van der Waals surface area (Å²) < 4.78 is 0. The van der Waals surface area contributed by atoms with Crippen molar-refractivity contribution < 1.29 is 0 Å². The summed E-state index contributed by atoms with van der Waals surface area (Å²) in [6.07, 6.45) is 3.21. The van der Waals surface area contributed by atoms with Gasteiger partial charge in [-0.1, -0.05) is 13.8 Å². The Bertz CT molecular complexity index is 316. The van der Waals surface area contributed by atoms with Crippen LogP contribution in [0.4, 0.5) is 0 Å². The van der Waals surface area contributed by atoms with E-state index in [9.17, 15) is 0 Å². The van der Waals surface area contributed by atoms with Crippen LogP contribution in [0, 0.1) is 0 Å². The summed E-state index contributed by atoms with van der Waals surface area (Å²) in [7, 11) is 0. The van der Waals surface area contributed by atoms with Gasteiger partial charge < -0.3 is 10.2 Å². The van der Waals surface area contributed by atoms with Gasteiger partial charge in [-0.05, 0) is 6.42 Å². The molecule has 1 N–H and O–H groups in total. The van der Waals surface area contributed by atoms with Crippen molar-refractivity contribution in [2.45, 2.75) is 26.2 Å². The first-order valence-corrected chi connectivity index (χ1v) is 6.95. The first-order chi connectivity index (χ1) is 7.75. The fourth-order valence-corrected chi connectivity index (χ4v) is 2.82. The number of nitrogens with zero attached hydrogens (tertiary/aromatic N) is 2. The summed E-state index contributed by atoms with van der Waals surface area (Å²) in [5, 5.41) is 4.65. The first-order valence-electron chi connectivity index (χ1n) is 6.13. The van der Waals surface area contributed by atoms with Gasteiger partial charge in [-0.15, -0.1) is 11.3 Å². The molecule has 3 nitrogen and oxygen atoms in total. The molecule has 16 heavy (non-hydrogen) atoms. The van der Waals surface area contributed by atoms with Crippen molar-refractivity contribution in [1.82, 2.24) is 15.2 Å². The van der Waals surface area contributed by atoms with Crippen LogP contribution in [0.3, 0.4) is 0 Å². The molecule has 4 heteroatoms. The van der Waals surface area contributed by atoms with Crippen LogP contribution in [0.15, 0.2) is 6.20 Å². The summed E-state index contributed by atoms with van der Waals surface area (Å²) >= 11 is 1.88. The molecule has 0 radical (unpaired) electrons.